The Morgan fingerprint density at radius 1 is 0.879 bits per heavy atom. The van der Waals surface area contributed by atoms with E-state index in [1.54, 1.807) is 55.5 Å². The number of hydrogen-bond acceptors (Lipinski definition) is 5. The molecule has 1 fully saturated rings. The predicted molar refractivity (Wildman–Crippen MR) is 130 cm³/mol. The van der Waals surface area contributed by atoms with Crippen LogP contribution in [-0.2, 0) is 14.3 Å². The molecule has 2 rings (SSSR count). The number of allylic oxidation sites excluding steroid dienone is 14. The first-order valence-corrected chi connectivity index (χ1v) is 10.8. The van der Waals surface area contributed by atoms with Crippen molar-refractivity contribution >= 4 is 11.7 Å². The maximum atomic E-state index is 12.1. The average Bonchev–Trinajstić information content (AvgIpc) is 2.99. The predicted octanol–water partition coefficient (Wildman–Crippen LogP) is 3.17. The van der Waals surface area contributed by atoms with E-state index < -0.39 is 17.8 Å². The van der Waals surface area contributed by atoms with Crippen molar-refractivity contribution in [3.05, 3.63) is 109 Å². The van der Waals surface area contributed by atoms with E-state index in [1.807, 2.05) is 43.4 Å². The van der Waals surface area contributed by atoms with Gasteiger partial charge in [0.1, 0.15) is 18.0 Å². The summed E-state index contributed by atoms with van der Waals surface area (Å²) in [5, 5.41) is 23.5. The molecule has 0 radical (unpaired) electrons. The quantitative estimate of drug-likeness (QED) is 0.528. The number of amides is 1. The number of ketones is 1. The first-order chi connectivity index (χ1) is 15.8. The summed E-state index contributed by atoms with van der Waals surface area (Å²) in [6, 6.07) is 0. The van der Waals surface area contributed by atoms with Crippen LogP contribution in [0.5, 0.6) is 0 Å². The molecule has 33 heavy (non-hydrogen) atoms. The van der Waals surface area contributed by atoms with Crippen LogP contribution in [0, 0.1) is 5.92 Å². The van der Waals surface area contributed by atoms with Gasteiger partial charge in [0.15, 0.2) is 11.4 Å². The minimum atomic E-state index is -1.31. The third-order valence-electron chi connectivity index (χ3n) is 4.88. The highest BCUT2D eigenvalue weighted by Gasteiger charge is 2.47. The molecule has 0 unspecified atom stereocenters. The van der Waals surface area contributed by atoms with Crippen molar-refractivity contribution < 1.29 is 24.5 Å². The number of fused-ring (bicyclic) bond motifs is 2. The summed E-state index contributed by atoms with van der Waals surface area (Å²) in [6.45, 7) is 4.14. The minimum Gasteiger partial charge on any atom is -0.482 e. The van der Waals surface area contributed by atoms with Crippen LogP contribution in [0.25, 0.3) is 0 Å². The van der Waals surface area contributed by atoms with E-state index in [-0.39, 0.29) is 23.4 Å². The third-order valence-corrected chi connectivity index (χ3v) is 4.88. The van der Waals surface area contributed by atoms with Crippen LogP contribution in [0.2, 0.25) is 0 Å². The molecule has 0 aliphatic carbocycles. The molecule has 2 aliphatic rings. The highest BCUT2D eigenvalue weighted by Crippen LogP contribution is 2.34. The molecule has 0 aromatic rings. The number of nitrogens with one attached hydrogen (secondary N) is 1. The number of ether oxygens (including phenoxy) is 1. The van der Waals surface area contributed by atoms with Crippen molar-refractivity contribution in [1.82, 2.24) is 5.32 Å². The monoisotopic (exact) mass is 449 g/mol. The molecular formula is C27H31NO5. The molecule has 2 bridgehead atoms. The number of hydrogen-bond donors (Lipinski definition) is 3. The van der Waals surface area contributed by atoms with Crippen LogP contribution < -0.4 is 5.32 Å². The fourth-order valence-corrected chi connectivity index (χ4v) is 2.98. The van der Waals surface area contributed by atoms with E-state index in [0.29, 0.717) is 6.54 Å². The Hall–Kier alpha value is -3.48. The zero-order valence-electron chi connectivity index (χ0n) is 18.9. The van der Waals surface area contributed by atoms with Gasteiger partial charge in [-0.15, -0.1) is 0 Å². The number of aliphatic hydroxyl groups is 2. The second-order valence-corrected chi connectivity index (χ2v) is 7.85. The van der Waals surface area contributed by atoms with Crippen molar-refractivity contribution in [1.29, 1.82) is 0 Å². The fraction of sp³-hybridized carbons (Fsp3) is 0.259. The molecule has 6 nitrogen and oxygen atoms in total. The van der Waals surface area contributed by atoms with Crippen molar-refractivity contribution in [3.8, 4) is 0 Å². The second kappa shape index (κ2) is 13.2. The molecule has 174 valence electrons. The van der Waals surface area contributed by atoms with Crippen LogP contribution in [0.1, 0.15) is 13.8 Å². The van der Waals surface area contributed by atoms with Crippen LogP contribution in [-0.4, -0.2) is 46.3 Å². The van der Waals surface area contributed by atoms with Gasteiger partial charge in [0.25, 0.3) is 0 Å². The van der Waals surface area contributed by atoms with Crippen LogP contribution >= 0.6 is 0 Å². The highest BCUT2D eigenvalue weighted by atomic mass is 16.5. The van der Waals surface area contributed by atoms with Crippen LogP contribution in [0.15, 0.2) is 109 Å². The number of aliphatic hydroxyl groups excluding tert-OH is 2. The van der Waals surface area contributed by atoms with E-state index in [1.165, 1.54) is 18.2 Å². The van der Waals surface area contributed by atoms with Gasteiger partial charge < -0.3 is 20.3 Å². The molecule has 1 saturated heterocycles. The van der Waals surface area contributed by atoms with E-state index >= 15 is 0 Å². The lowest BCUT2D eigenvalue weighted by Crippen LogP contribution is -2.38. The van der Waals surface area contributed by atoms with E-state index in [4.69, 9.17) is 4.74 Å². The second-order valence-electron chi connectivity index (χ2n) is 7.85. The number of carbonyl (C=O) groups excluding carboxylic acids is 2. The van der Waals surface area contributed by atoms with Crippen molar-refractivity contribution in [2.75, 3.05) is 6.54 Å². The standard InChI is InChI=1S/C27H31NO5/c1-21-15-11-7-5-3-4-6-8-12-16-22(29)19-23-25(31)26(32)27(2,33-23)18-14-10-9-13-17-24(30)28-20-21/h3-19,21,25-26,31-32H,20H2,1-2H3,(H,28,30)/b4-3+,7-5+,8-6+,10-9-,15-11-,16-12+,17-13-,18-14+,23-19+/t21-,25-,26+,27-/m1/s1. The molecule has 0 aromatic carbocycles. The SMILES string of the molecule is C[C@@H]1\C=C/C=C/C=C/C=C/C=C/C(=O)/C=C2/O[C@](C)(/C=C/C=C\C=C/C(=O)NC1)[C@@H](O)[C@@H]2O. The zero-order chi connectivity index (χ0) is 24.1. The van der Waals surface area contributed by atoms with E-state index in [0.717, 1.165) is 0 Å². The summed E-state index contributed by atoms with van der Waals surface area (Å²) >= 11 is 0. The molecule has 6 heteroatoms. The molecule has 0 aromatic heterocycles. The van der Waals surface area contributed by atoms with Gasteiger partial charge in [0, 0.05) is 18.7 Å². The first-order valence-electron chi connectivity index (χ1n) is 10.8. The van der Waals surface area contributed by atoms with Gasteiger partial charge in [0.2, 0.25) is 5.91 Å². The van der Waals surface area contributed by atoms with Crippen molar-refractivity contribution in [2.45, 2.75) is 31.7 Å². The largest absolute Gasteiger partial charge is 0.482 e. The molecule has 2 aliphatic heterocycles. The van der Waals surface area contributed by atoms with Gasteiger partial charge in [0.05, 0.1) is 0 Å². The first kappa shape index (κ1) is 25.8. The van der Waals surface area contributed by atoms with Crippen LogP contribution in [0.4, 0.5) is 0 Å². The molecular weight excluding hydrogens is 418 g/mol. The van der Waals surface area contributed by atoms with E-state index in [2.05, 4.69) is 5.32 Å². The molecule has 2 heterocycles. The molecule has 4 atom stereocenters. The van der Waals surface area contributed by atoms with Gasteiger partial charge in [-0.05, 0) is 25.0 Å². The van der Waals surface area contributed by atoms with Gasteiger partial charge in [-0.25, -0.2) is 0 Å². The minimum absolute atomic E-state index is 0.00617. The zero-order valence-corrected chi connectivity index (χ0v) is 18.9. The van der Waals surface area contributed by atoms with Crippen molar-refractivity contribution in [3.63, 3.8) is 0 Å². The maximum Gasteiger partial charge on any atom is 0.243 e. The summed E-state index contributed by atoms with van der Waals surface area (Å²) in [4.78, 5) is 24.0. The van der Waals surface area contributed by atoms with Gasteiger partial charge in [-0.3, -0.25) is 9.59 Å². The average molecular weight is 450 g/mol. The molecule has 3 N–H and O–H groups in total. The lowest BCUT2D eigenvalue weighted by Gasteiger charge is -2.22. The Balaban J connectivity index is 2.19. The number of rotatable bonds is 0. The Labute approximate surface area is 195 Å². The molecule has 1 amide bonds. The van der Waals surface area contributed by atoms with E-state index in [9.17, 15) is 19.8 Å². The Morgan fingerprint density at radius 2 is 1.45 bits per heavy atom. The van der Waals surface area contributed by atoms with Crippen LogP contribution in [0.3, 0.4) is 0 Å². The summed E-state index contributed by atoms with van der Waals surface area (Å²) < 4.78 is 5.68. The molecule has 0 saturated carbocycles. The van der Waals surface area contributed by atoms with Crippen molar-refractivity contribution in [2.24, 2.45) is 5.92 Å². The van der Waals surface area contributed by atoms with Gasteiger partial charge in [-0.1, -0.05) is 85.9 Å². The topological polar surface area (TPSA) is 95.9 Å². The fourth-order valence-electron chi connectivity index (χ4n) is 2.98. The summed E-state index contributed by atoms with van der Waals surface area (Å²) in [5.41, 5.74) is -1.20. The van der Waals surface area contributed by atoms with Gasteiger partial charge in [-0.2, -0.15) is 0 Å². The Bertz CT molecular complexity index is 961. The third kappa shape index (κ3) is 8.88. The summed E-state index contributed by atoms with van der Waals surface area (Å²) in [5.74, 6) is -0.381. The number of carbonyl (C=O) groups is 2. The Kier molecular flexibility index (Phi) is 10.3. The summed E-state index contributed by atoms with van der Waals surface area (Å²) in [7, 11) is 0. The molecule has 0 spiro atoms. The Morgan fingerprint density at radius 3 is 2.15 bits per heavy atom. The lowest BCUT2D eigenvalue weighted by molar-refractivity contribution is -0.116. The van der Waals surface area contributed by atoms with Gasteiger partial charge >= 0.3 is 0 Å². The smallest absolute Gasteiger partial charge is 0.243 e. The lowest BCUT2D eigenvalue weighted by atomic mass is 9.96. The maximum absolute atomic E-state index is 12.1. The summed E-state index contributed by atoms with van der Waals surface area (Å²) in [6.07, 6.45) is 26.0. The highest BCUT2D eigenvalue weighted by molar-refractivity contribution is 5.99. The normalized spacial score (nSPS) is 38.7.